The van der Waals surface area contributed by atoms with Crippen LogP contribution in [-0.4, -0.2) is 60.8 Å². The molecule has 1 aliphatic rings. The predicted octanol–water partition coefficient (Wildman–Crippen LogP) is 0.887. The van der Waals surface area contributed by atoms with Crippen molar-refractivity contribution in [2.24, 2.45) is 11.8 Å². The molecule has 3 heteroatoms. The largest absolute Gasteiger partial charge is 0.395 e. The molecule has 0 radical (unpaired) electrons. The lowest BCUT2D eigenvalue weighted by Gasteiger charge is -2.31. The standard InChI is InChI=1S/C12H26N2O/c1-10(2)5-14-7-11(3)6-13(4)8-12(14)9-15/h10-12,15H,5-9H2,1-4H3. The third-order valence-corrected chi connectivity index (χ3v) is 3.02. The first-order chi connectivity index (χ1) is 7.02. The highest BCUT2D eigenvalue weighted by molar-refractivity contribution is 4.81. The molecule has 1 aliphatic heterocycles. The van der Waals surface area contributed by atoms with Gasteiger partial charge in [0.1, 0.15) is 0 Å². The van der Waals surface area contributed by atoms with E-state index in [9.17, 15) is 5.11 Å². The quantitative estimate of drug-likeness (QED) is 0.756. The molecule has 0 amide bonds. The Bertz CT molecular complexity index is 184. The number of aliphatic hydroxyl groups excluding tert-OH is 1. The van der Waals surface area contributed by atoms with Gasteiger partial charge in [0.15, 0.2) is 0 Å². The highest BCUT2D eigenvalue weighted by Gasteiger charge is 2.26. The Balaban J connectivity index is 2.62. The van der Waals surface area contributed by atoms with Crippen LogP contribution >= 0.6 is 0 Å². The first-order valence-electron chi connectivity index (χ1n) is 6.06. The van der Waals surface area contributed by atoms with E-state index >= 15 is 0 Å². The Kier molecular flexibility index (Phi) is 5.03. The van der Waals surface area contributed by atoms with E-state index in [2.05, 4.69) is 37.6 Å². The van der Waals surface area contributed by atoms with Crippen molar-refractivity contribution in [3.05, 3.63) is 0 Å². The number of likely N-dealkylation sites (N-methyl/N-ethyl adjacent to an activating group) is 1. The van der Waals surface area contributed by atoms with Crippen molar-refractivity contribution >= 4 is 0 Å². The summed E-state index contributed by atoms with van der Waals surface area (Å²) in [6.07, 6.45) is 0. The second kappa shape index (κ2) is 5.83. The van der Waals surface area contributed by atoms with Crippen molar-refractivity contribution in [3.8, 4) is 0 Å². The van der Waals surface area contributed by atoms with Gasteiger partial charge in [-0.25, -0.2) is 0 Å². The summed E-state index contributed by atoms with van der Waals surface area (Å²) in [6.45, 7) is 11.4. The summed E-state index contributed by atoms with van der Waals surface area (Å²) in [5.74, 6) is 1.37. The summed E-state index contributed by atoms with van der Waals surface area (Å²) in [4.78, 5) is 4.80. The van der Waals surface area contributed by atoms with E-state index in [4.69, 9.17) is 0 Å². The van der Waals surface area contributed by atoms with E-state index in [-0.39, 0.29) is 6.61 Å². The van der Waals surface area contributed by atoms with Crippen LogP contribution in [0.25, 0.3) is 0 Å². The van der Waals surface area contributed by atoms with Gasteiger partial charge in [0.2, 0.25) is 0 Å². The van der Waals surface area contributed by atoms with Gasteiger partial charge in [-0.15, -0.1) is 0 Å². The molecule has 3 nitrogen and oxygen atoms in total. The van der Waals surface area contributed by atoms with Crippen LogP contribution in [0.5, 0.6) is 0 Å². The van der Waals surface area contributed by atoms with Gasteiger partial charge in [0, 0.05) is 32.2 Å². The summed E-state index contributed by atoms with van der Waals surface area (Å²) in [5, 5.41) is 9.44. The number of hydrogen-bond acceptors (Lipinski definition) is 3. The Morgan fingerprint density at radius 1 is 1.27 bits per heavy atom. The van der Waals surface area contributed by atoms with E-state index < -0.39 is 0 Å². The fourth-order valence-electron chi connectivity index (χ4n) is 2.55. The van der Waals surface area contributed by atoms with Crippen LogP contribution in [0.4, 0.5) is 0 Å². The summed E-state index contributed by atoms with van der Waals surface area (Å²) < 4.78 is 0. The fourth-order valence-corrected chi connectivity index (χ4v) is 2.55. The second-order valence-corrected chi connectivity index (χ2v) is 5.51. The van der Waals surface area contributed by atoms with Crippen LogP contribution in [0.1, 0.15) is 20.8 Å². The zero-order chi connectivity index (χ0) is 11.4. The van der Waals surface area contributed by atoms with Crippen LogP contribution in [0.2, 0.25) is 0 Å². The lowest BCUT2D eigenvalue weighted by atomic mass is 10.1. The number of rotatable bonds is 3. The number of aliphatic hydroxyl groups is 1. The van der Waals surface area contributed by atoms with Gasteiger partial charge in [-0.05, 0) is 18.9 Å². The van der Waals surface area contributed by atoms with Gasteiger partial charge >= 0.3 is 0 Å². The fraction of sp³-hybridized carbons (Fsp3) is 1.00. The number of nitrogens with zero attached hydrogens (tertiary/aromatic N) is 2. The van der Waals surface area contributed by atoms with Gasteiger partial charge in [-0.2, -0.15) is 0 Å². The monoisotopic (exact) mass is 214 g/mol. The molecule has 2 unspecified atom stereocenters. The van der Waals surface area contributed by atoms with Gasteiger partial charge in [0.25, 0.3) is 0 Å². The average molecular weight is 214 g/mol. The molecule has 90 valence electrons. The van der Waals surface area contributed by atoms with Crippen molar-refractivity contribution in [2.45, 2.75) is 26.8 Å². The molecule has 15 heavy (non-hydrogen) atoms. The van der Waals surface area contributed by atoms with Crippen LogP contribution in [-0.2, 0) is 0 Å². The van der Waals surface area contributed by atoms with Gasteiger partial charge in [-0.1, -0.05) is 20.8 Å². The molecule has 0 bridgehead atoms. The maximum Gasteiger partial charge on any atom is 0.0599 e. The predicted molar refractivity (Wildman–Crippen MR) is 63.9 cm³/mol. The molecule has 1 N–H and O–H groups in total. The van der Waals surface area contributed by atoms with Crippen LogP contribution in [0.15, 0.2) is 0 Å². The molecule has 1 rings (SSSR count). The molecular formula is C12H26N2O. The molecule has 0 aliphatic carbocycles. The molecular weight excluding hydrogens is 188 g/mol. The minimum atomic E-state index is 0.282. The van der Waals surface area contributed by atoms with Crippen molar-refractivity contribution in [3.63, 3.8) is 0 Å². The Morgan fingerprint density at radius 3 is 2.47 bits per heavy atom. The topological polar surface area (TPSA) is 26.7 Å². The molecule has 0 aromatic carbocycles. The van der Waals surface area contributed by atoms with E-state index in [1.165, 1.54) is 0 Å². The lowest BCUT2D eigenvalue weighted by Crippen LogP contribution is -2.44. The molecule has 1 fully saturated rings. The molecule has 0 aromatic heterocycles. The van der Waals surface area contributed by atoms with E-state index in [1.807, 2.05) is 0 Å². The van der Waals surface area contributed by atoms with E-state index in [0.717, 1.165) is 26.2 Å². The summed E-state index contributed by atoms with van der Waals surface area (Å²) in [7, 11) is 2.15. The molecule has 0 spiro atoms. The van der Waals surface area contributed by atoms with Crippen LogP contribution in [0, 0.1) is 11.8 Å². The normalized spacial score (nSPS) is 30.8. The molecule has 2 atom stereocenters. The van der Waals surface area contributed by atoms with Crippen molar-refractivity contribution in [2.75, 3.05) is 39.8 Å². The van der Waals surface area contributed by atoms with Gasteiger partial charge in [-0.3, -0.25) is 4.90 Å². The maximum absolute atomic E-state index is 9.44. The van der Waals surface area contributed by atoms with Crippen LogP contribution in [0.3, 0.4) is 0 Å². The SMILES string of the molecule is CC(C)CN1CC(C)CN(C)CC1CO. The van der Waals surface area contributed by atoms with Crippen molar-refractivity contribution < 1.29 is 5.11 Å². The highest BCUT2D eigenvalue weighted by Crippen LogP contribution is 2.14. The Labute approximate surface area is 94.1 Å². The third kappa shape index (κ3) is 4.09. The third-order valence-electron chi connectivity index (χ3n) is 3.02. The second-order valence-electron chi connectivity index (χ2n) is 5.51. The Morgan fingerprint density at radius 2 is 1.93 bits per heavy atom. The molecule has 1 saturated heterocycles. The van der Waals surface area contributed by atoms with Crippen molar-refractivity contribution in [1.82, 2.24) is 9.80 Å². The van der Waals surface area contributed by atoms with Gasteiger partial charge in [0.05, 0.1) is 6.61 Å². The summed E-state index contributed by atoms with van der Waals surface area (Å²) in [6, 6.07) is 0.322. The maximum atomic E-state index is 9.44. The Hall–Kier alpha value is -0.120. The molecule has 1 heterocycles. The minimum Gasteiger partial charge on any atom is -0.395 e. The zero-order valence-electron chi connectivity index (χ0n) is 10.6. The van der Waals surface area contributed by atoms with E-state index in [0.29, 0.717) is 17.9 Å². The molecule has 0 saturated carbocycles. The first-order valence-corrected chi connectivity index (χ1v) is 6.06. The van der Waals surface area contributed by atoms with Crippen LogP contribution < -0.4 is 0 Å². The lowest BCUT2D eigenvalue weighted by molar-refractivity contribution is 0.103. The van der Waals surface area contributed by atoms with Crippen molar-refractivity contribution in [1.29, 1.82) is 0 Å². The van der Waals surface area contributed by atoms with E-state index in [1.54, 1.807) is 0 Å². The number of hydrogen-bond donors (Lipinski definition) is 1. The minimum absolute atomic E-state index is 0.282. The van der Waals surface area contributed by atoms with Gasteiger partial charge < -0.3 is 10.0 Å². The summed E-state index contributed by atoms with van der Waals surface area (Å²) in [5.41, 5.74) is 0. The zero-order valence-corrected chi connectivity index (χ0v) is 10.6. The summed E-state index contributed by atoms with van der Waals surface area (Å²) >= 11 is 0. The average Bonchev–Trinajstić information content (AvgIpc) is 2.23. The molecule has 0 aromatic rings. The highest BCUT2D eigenvalue weighted by atomic mass is 16.3. The first kappa shape index (κ1) is 12.9. The smallest absolute Gasteiger partial charge is 0.0599 e.